The zero-order chi connectivity index (χ0) is 23.7. The first-order chi connectivity index (χ1) is 16.6. The van der Waals surface area contributed by atoms with Gasteiger partial charge in [-0.1, -0.05) is 36.4 Å². The Morgan fingerprint density at radius 2 is 1.65 bits per heavy atom. The van der Waals surface area contributed by atoms with Gasteiger partial charge in [0.15, 0.2) is 0 Å². The quantitative estimate of drug-likeness (QED) is 0.603. The molecular weight excluding hydrogens is 428 g/mol. The summed E-state index contributed by atoms with van der Waals surface area (Å²) < 4.78 is 5.31. The number of amides is 2. The van der Waals surface area contributed by atoms with Crippen LogP contribution in [0.1, 0.15) is 33.4 Å². The lowest BCUT2D eigenvalue weighted by molar-refractivity contribution is -0.134. The van der Waals surface area contributed by atoms with Crippen LogP contribution in [0.3, 0.4) is 0 Å². The molecule has 1 aromatic heterocycles. The number of anilines is 1. The van der Waals surface area contributed by atoms with Crippen LogP contribution >= 0.6 is 0 Å². The molecule has 3 heterocycles. The number of benzene rings is 2. The maximum atomic E-state index is 14.0. The van der Waals surface area contributed by atoms with Crippen LogP contribution in [0, 0.1) is 0 Å². The van der Waals surface area contributed by atoms with Crippen molar-refractivity contribution in [1.29, 1.82) is 0 Å². The Bertz CT molecular complexity index is 1170. The summed E-state index contributed by atoms with van der Waals surface area (Å²) in [6, 6.07) is 20.6. The zero-order valence-corrected chi connectivity index (χ0v) is 19.4. The zero-order valence-electron chi connectivity index (χ0n) is 19.4. The van der Waals surface area contributed by atoms with Gasteiger partial charge in [0.25, 0.3) is 5.91 Å². The molecule has 1 fully saturated rings. The van der Waals surface area contributed by atoms with E-state index in [-0.39, 0.29) is 11.8 Å². The van der Waals surface area contributed by atoms with Gasteiger partial charge in [0, 0.05) is 45.0 Å². The Labute approximate surface area is 199 Å². The number of ether oxygens (including phenoxy) is 1. The molecule has 0 radical (unpaired) electrons. The molecule has 2 amide bonds. The van der Waals surface area contributed by atoms with E-state index in [1.54, 1.807) is 25.3 Å². The number of carbonyl (C=O) groups excluding carboxylic acids is 2. The van der Waals surface area contributed by atoms with Crippen LogP contribution in [0.2, 0.25) is 0 Å². The average Bonchev–Trinajstić information content (AvgIpc) is 2.91. The standard InChI is InChI=1S/C27H28N4O3/c1-29-25(19-10-12-20(34-2)13-11-19)24(21-7-3-4-8-22(21)26(29)32)27(33)31-17-15-30(16-18-31)23-9-5-6-14-28-23/h3-14,24-25H,15-18H2,1-2H3/t24-,25+/m1/s1. The van der Waals surface area contributed by atoms with E-state index in [1.165, 1.54) is 0 Å². The minimum Gasteiger partial charge on any atom is -0.497 e. The molecule has 2 aliphatic heterocycles. The molecule has 2 aliphatic rings. The lowest BCUT2D eigenvalue weighted by Gasteiger charge is -2.43. The fraction of sp³-hybridized carbons (Fsp3) is 0.296. The molecule has 0 spiro atoms. The Morgan fingerprint density at radius 1 is 0.941 bits per heavy atom. The molecule has 0 unspecified atom stereocenters. The number of piperazine rings is 1. The Balaban J connectivity index is 1.46. The summed E-state index contributed by atoms with van der Waals surface area (Å²) in [4.78, 5) is 37.6. The number of methoxy groups -OCH3 is 1. The molecule has 7 heteroatoms. The maximum Gasteiger partial charge on any atom is 0.254 e. The van der Waals surface area contributed by atoms with Crippen molar-refractivity contribution >= 4 is 17.6 Å². The SMILES string of the molecule is COc1ccc([C@H]2[C@H](C(=O)N3CCN(c4ccccn4)CC3)c3ccccc3C(=O)N2C)cc1. The summed E-state index contributed by atoms with van der Waals surface area (Å²) in [5.74, 6) is 1.17. The third kappa shape index (κ3) is 3.87. The van der Waals surface area contributed by atoms with E-state index in [1.807, 2.05) is 71.6 Å². The van der Waals surface area contributed by atoms with Gasteiger partial charge in [0.05, 0.1) is 19.1 Å². The van der Waals surface area contributed by atoms with Crippen molar-refractivity contribution in [1.82, 2.24) is 14.8 Å². The molecule has 34 heavy (non-hydrogen) atoms. The molecule has 5 rings (SSSR count). The van der Waals surface area contributed by atoms with E-state index in [4.69, 9.17) is 4.74 Å². The number of fused-ring (bicyclic) bond motifs is 1. The van der Waals surface area contributed by atoms with Crippen LogP contribution in [-0.2, 0) is 4.79 Å². The number of hydrogen-bond donors (Lipinski definition) is 0. The third-order valence-electron chi connectivity index (χ3n) is 6.87. The third-order valence-corrected chi connectivity index (χ3v) is 6.87. The first kappa shape index (κ1) is 21.9. The van der Waals surface area contributed by atoms with Crippen molar-refractivity contribution < 1.29 is 14.3 Å². The van der Waals surface area contributed by atoms with Gasteiger partial charge in [-0.3, -0.25) is 9.59 Å². The molecule has 7 nitrogen and oxygen atoms in total. The molecule has 0 bridgehead atoms. The van der Waals surface area contributed by atoms with Crippen LogP contribution in [-0.4, -0.2) is 66.9 Å². The smallest absolute Gasteiger partial charge is 0.254 e. The summed E-state index contributed by atoms with van der Waals surface area (Å²) in [5, 5.41) is 0. The maximum absolute atomic E-state index is 14.0. The normalized spacial score (nSPS) is 20.2. The second kappa shape index (κ2) is 9.17. The van der Waals surface area contributed by atoms with E-state index >= 15 is 0 Å². The Kier molecular flexibility index (Phi) is 5.92. The van der Waals surface area contributed by atoms with E-state index in [0.29, 0.717) is 18.7 Å². The van der Waals surface area contributed by atoms with Crippen molar-refractivity contribution in [3.63, 3.8) is 0 Å². The number of aromatic nitrogens is 1. The lowest BCUT2D eigenvalue weighted by Crippen LogP contribution is -2.53. The summed E-state index contributed by atoms with van der Waals surface area (Å²) in [6.45, 7) is 2.67. The molecule has 2 atom stereocenters. The van der Waals surface area contributed by atoms with Crippen LogP contribution < -0.4 is 9.64 Å². The van der Waals surface area contributed by atoms with Crippen LogP contribution in [0.4, 0.5) is 5.82 Å². The first-order valence-corrected chi connectivity index (χ1v) is 11.5. The topological polar surface area (TPSA) is 66.0 Å². The van der Waals surface area contributed by atoms with Gasteiger partial charge in [-0.25, -0.2) is 4.98 Å². The largest absolute Gasteiger partial charge is 0.497 e. The minimum atomic E-state index is -0.478. The van der Waals surface area contributed by atoms with Gasteiger partial charge in [-0.05, 0) is 41.5 Å². The molecule has 2 aromatic carbocycles. The van der Waals surface area contributed by atoms with Gasteiger partial charge < -0.3 is 19.4 Å². The average molecular weight is 457 g/mol. The highest BCUT2D eigenvalue weighted by molar-refractivity contribution is 6.01. The van der Waals surface area contributed by atoms with Gasteiger partial charge in [0.1, 0.15) is 11.6 Å². The fourth-order valence-electron chi connectivity index (χ4n) is 5.05. The summed E-state index contributed by atoms with van der Waals surface area (Å²) in [6.07, 6.45) is 1.79. The highest BCUT2D eigenvalue weighted by atomic mass is 16.5. The molecule has 0 aliphatic carbocycles. The highest BCUT2D eigenvalue weighted by Gasteiger charge is 2.44. The summed E-state index contributed by atoms with van der Waals surface area (Å²) in [5.41, 5.74) is 2.31. The van der Waals surface area contributed by atoms with Gasteiger partial charge in [-0.15, -0.1) is 0 Å². The molecule has 3 aromatic rings. The fourth-order valence-corrected chi connectivity index (χ4v) is 5.05. The van der Waals surface area contributed by atoms with Crippen molar-refractivity contribution in [3.8, 4) is 5.75 Å². The van der Waals surface area contributed by atoms with E-state index in [9.17, 15) is 9.59 Å². The minimum absolute atomic E-state index is 0.0493. The number of hydrogen-bond acceptors (Lipinski definition) is 5. The van der Waals surface area contributed by atoms with E-state index in [0.717, 1.165) is 35.8 Å². The second-order valence-corrected chi connectivity index (χ2v) is 8.70. The molecule has 0 saturated carbocycles. The number of pyridine rings is 1. The summed E-state index contributed by atoms with van der Waals surface area (Å²) >= 11 is 0. The number of nitrogens with zero attached hydrogens (tertiary/aromatic N) is 4. The molecule has 1 saturated heterocycles. The molecule has 174 valence electrons. The van der Waals surface area contributed by atoms with Crippen molar-refractivity contribution in [3.05, 3.63) is 89.6 Å². The van der Waals surface area contributed by atoms with Crippen LogP contribution in [0.5, 0.6) is 5.75 Å². The van der Waals surface area contributed by atoms with Crippen LogP contribution in [0.25, 0.3) is 0 Å². The first-order valence-electron chi connectivity index (χ1n) is 11.5. The lowest BCUT2D eigenvalue weighted by atomic mass is 9.79. The monoisotopic (exact) mass is 456 g/mol. The van der Waals surface area contributed by atoms with E-state index < -0.39 is 12.0 Å². The molecule has 0 N–H and O–H groups in total. The van der Waals surface area contributed by atoms with Gasteiger partial charge in [0.2, 0.25) is 5.91 Å². The number of carbonyl (C=O) groups is 2. The highest BCUT2D eigenvalue weighted by Crippen LogP contribution is 2.43. The van der Waals surface area contributed by atoms with E-state index in [2.05, 4.69) is 9.88 Å². The molecular formula is C27H28N4O3. The predicted octanol–water partition coefficient (Wildman–Crippen LogP) is 3.35. The second-order valence-electron chi connectivity index (χ2n) is 8.70. The van der Waals surface area contributed by atoms with Crippen molar-refractivity contribution in [2.75, 3.05) is 45.2 Å². The Hall–Kier alpha value is -3.87. The Morgan fingerprint density at radius 3 is 2.32 bits per heavy atom. The number of rotatable bonds is 4. The van der Waals surface area contributed by atoms with Crippen molar-refractivity contribution in [2.24, 2.45) is 0 Å². The van der Waals surface area contributed by atoms with Gasteiger partial charge in [-0.2, -0.15) is 0 Å². The predicted molar refractivity (Wildman–Crippen MR) is 130 cm³/mol. The number of likely N-dealkylation sites (N-methyl/N-ethyl adjacent to an activating group) is 1. The van der Waals surface area contributed by atoms with Crippen molar-refractivity contribution in [2.45, 2.75) is 12.0 Å². The van der Waals surface area contributed by atoms with Gasteiger partial charge >= 0.3 is 0 Å². The van der Waals surface area contributed by atoms with Crippen LogP contribution in [0.15, 0.2) is 72.9 Å². The summed E-state index contributed by atoms with van der Waals surface area (Å²) in [7, 11) is 3.41.